The monoisotopic (exact) mass is 937 g/mol. The molecule has 3 heteroatoms. The van der Waals surface area contributed by atoms with E-state index in [1.54, 1.807) is 13.8 Å². The fourth-order valence-electron chi connectivity index (χ4n) is 9.49. The molecule has 2 aromatic carbocycles. The zero-order valence-electron chi connectivity index (χ0n) is 43.9. The molecule has 1 aliphatic rings. The van der Waals surface area contributed by atoms with Crippen LogP contribution in [0.5, 0.6) is 0 Å². The van der Waals surface area contributed by atoms with Crippen LogP contribution < -0.4 is 0 Å². The normalized spacial score (nSPS) is 12.1. The minimum atomic E-state index is 0. The van der Waals surface area contributed by atoms with Crippen LogP contribution in [-0.4, -0.2) is 4.70 Å². The van der Waals surface area contributed by atoms with Crippen molar-refractivity contribution in [3.05, 3.63) is 102 Å². The average molecular weight is 938 g/mol. The van der Waals surface area contributed by atoms with E-state index in [0.717, 1.165) is 54.6 Å². The second-order valence-corrected chi connectivity index (χ2v) is 19.0. The van der Waals surface area contributed by atoms with Crippen molar-refractivity contribution in [1.82, 2.24) is 0 Å². The fourth-order valence-corrected chi connectivity index (χ4v) is 9.49. The van der Waals surface area contributed by atoms with Gasteiger partial charge in [-0.15, -0.1) is 0 Å². The summed E-state index contributed by atoms with van der Waals surface area (Å²) in [7, 11) is 0. The molecule has 0 aliphatic carbocycles. The molecule has 1 heterocycles. The Bertz CT molecular complexity index is 1420. The molecule has 0 atom stereocenters. The second-order valence-electron chi connectivity index (χ2n) is 19.0. The van der Waals surface area contributed by atoms with E-state index in [1.807, 2.05) is 0 Å². The molecule has 0 unspecified atom stereocenters. The average Bonchev–Trinajstić information content (AvgIpc) is 3.67. The Morgan fingerprint density at radius 3 is 1.00 bits per heavy atom. The van der Waals surface area contributed by atoms with Gasteiger partial charge in [-0.3, -0.25) is 0 Å². The maximum atomic E-state index is 11.8. The number of benzene rings is 2. The first-order valence-corrected chi connectivity index (χ1v) is 28.2. The minimum absolute atomic E-state index is 0. The van der Waals surface area contributed by atoms with Crippen molar-refractivity contribution in [1.29, 1.82) is 0 Å². The fraction of sp³-hybridized carbons (Fsp3) is 0.710. The molecule has 0 saturated carbocycles. The molecule has 1 aliphatic heterocycles. The van der Waals surface area contributed by atoms with Crippen molar-refractivity contribution in [2.75, 3.05) is 0 Å². The van der Waals surface area contributed by atoms with Crippen LogP contribution in [0.25, 0.3) is 16.9 Å². The van der Waals surface area contributed by atoms with Crippen LogP contribution in [0.15, 0.2) is 60.2 Å². The predicted molar refractivity (Wildman–Crippen MR) is 289 cm³/mol. The van der Waals surface area contributed by atoms with E-state index in [4.69, 9.17) is 0 Å². The summed E-state index contributed by atoms with van der Waals surface area (Å²) < 4.78 is 1.51. The summed E-state index contributed by atoms with van der Waals surface area (Å²) in [6, 6.07) is 18.0. The van der Waals surface area contributed by atoms with Gasteiger partial charge in [0.1, 0.15) is 0 Å². The first-order valence-electron chi connectivity index (χ1n) is 28.2. The summed E-state index contributed by atoms with van der Waals surface area (Å²) in [6.07, 6.45) is 55.7. The van der Waals surface area contributed by atoms with Gasteiger partial charge in [-0.05, 0) is 73.9 Å². The third-order valence-corrected chi connectivity index (χ3v) is 13.4. The largest absolute Gasteiger partial charge is 2.00 e. The number of unbranched alkanes of at least 4 members (excludes halogenated alkanes) is 33. The Hall–Kier alpha value is -1.99. The molecular formula is C62H106N2Ni. The molecule has 2 nitrogen and oxygen atoms in total. The van der Waals surface area contributed by atoms with Crippen LogP contribution in [0.1, 0.15) is 294 Å². The minimum Gasteiger partial charge on any atom is -0.493 e. The third-order valence-electron chi connectivity index (χ3n) is 13.4. The molecule has 0 bridgehead atoms. The zero-order chi connectivity index (χ0) is 46.6. The summed E-state index contributed by atoms with van der Waals surface area (Å²) >= 11 is 0. The van der Waals surface area contributed by atoms with E-state index in [1.165, 1.54) is 240 Å². The number of rotatable bonds is 41. The number of allylic oxidation sites excluding steroid dienone is 2. The van der Waals surface area contributed by atoms with E-state index >= 15 is 0 Å². The van der Waals surface area contributed by atoms with Gasteiger partial charge in [-0.25, -0.2) is 4.70 Å². The molecule has 0 fully saturated rings. The van der Waals surface area contributed by atoms with Crippen LogP contribution in [0, 0.1) is 13.8 Å². The van der Waals surface area contributed by atoms with Crippen LogP contribution in [0.3, 0.4) is 0 Å². The quantitative estimate of drug-likeness (QED) is 0.0275. The SMILES string of the molecule is CCCCCCCCCCCCCCCCCCCc1cccc(C2=CC(CCCC)=C(c3cccc(CCCCCCCCCCCCCCCCCCC)c3)[N+]2=[N-])c1.[CH2-]C.[CH2-]C.[Ni+2]. The number of hydrogen-bond acceptors (Lipinski definition) is 0. The van der Waals surface area contributed by atoms with Crippen molar-refractivity contribution in [3.63, 3.8) is 0 Å². The molecule has 0 aromatic heterocycles. The van der Waals surface area contributed by atoms with E-state index in [2.05, 4.69) is 89.2 Å². The van der Waals surface area contributed by atoms with Crippen LogP contribution >= 0.6 is 0 Å². The Morgan fingerprint density at radius 1 is 0.369 bits per heavy atom. The van der Waals surface area contributed by atoms with Crippen LogP contribution in [0.4, 0.5) is 0 Å². The van der Waals surface area contributed by atoms with E-state index in [-0.39, 0.29) is 16.5 Å². The molecular weight excluding hydrogens is 831 g/mol. The molecule has 0 spiro atoms. The van der Waals surface area contributed by atoms with Crippen LogP contribution in [0.2, 0.25) is 0 Å². The van der Waals surface area contributed by atoms with Gasteiger partial charge in [0.15, 0.2) is 0 Å². The summed E-state index contributed by atoms with van der Waals surface area (Å²) in [5.41, 5.74) is 20.0. The molecule has 374 valence electrons. The van der Waals surface area contributed by atoms with Crippen molar-refractivity contribution in [2.45, 2.75) is 285 Å². The standard InChI is InChI=1S/C58H96N2.2C2H5.Ni/c1-4-7-10-12-14-16-18-20-22-24-26-28-30-32-34-36-38-42-52-44-40-47-54(49-52)57-51-56(46-9-6-3)58(60(57)59)55-48-41-45-53(50-55)43-39-37-35-33-31-29-27-25-23-21-19-17-15-13-11-8-5-2;2*1-2;/h40-41,44-45,47-51H,4-39,42-43,46H2,1-3H3;2*1H2,2H3;/q;2*-1;+2. The number of nitrogens with zero attached hydrogens (tertiary/aromatic N) is 2. The summed E-state index contributed by atoms with van der Waals surface area (Å²) in [5.74, 6) is 0. The van der Waals surface area contributed by atoms with Gasteiger partial charge in [0.2, 0.25) is 11.4 Å². The molecule has 0 amide bonds. The number of aryl methyl sites for hydroxylation is 2. The molecule has 0 radical (unpaired) electrons. The number of hydrogen-bond donors (Lipinski definition) is 0. The van der Waals surface area contributed by atoms with Crippen LogP contribution in [-0.2, 0) is 29.3 Å². The first kappa shape index (κ1) is 63.0. The van der Waals surface area contributed by atoms with Crippen molar-refractivity contribution in [3.8, 4) is 0 Å². The smallest absolute Gasteiger partial charge is 0.493 e. The Kier molecular flexibility index (Phi) is 45.7. The van der Waals surface area contributed by atoms with Crippen molar-refractivity contribution >= 4 is 11.4 Å². The molecule has 0 saturated heterocycles. The topological polar surface area (TPSA) is 25.3 Å². The molecule has 0 N–H and O–H groups in total. The summed E-state index contributed by atoms with van der Waals surface area (Å²) in [6.45, 7) is 16.9. The zero-order valence-corrected chi connectivity index (χ0v) is 44.9. The van der Waals surface area contributed by atoms with Crippen molar-refractivity contribution < 1.29 is 21.2 Å². The van der Waals surface area contributed by atoms with Gasteiger partial charge in [0, 0.05) is 22.8 Å². The summed E-state index contributed by atoms with van der Waals surface area (Å²) in [5, 5.41) is 0. The Labute approximate surface area is 417 Å². The Balaban J connectivity index is 0.00000796. The van der Waals surface area contributed by atoms with Gasteiger partial charge < -0.3 is 19.4 Å². The molecule has 65 heavy (non-hydrogen) atoms. The van der Waals surface area contributed by atoms with E-state index in [0.29, 0.717) is 0 Å². The van der Waals surface area contributed by atoms with Gasteiger partial charge >= 0.3 is 16.5 Å². The van der Waals surface area contributed by atoms with E-state index < -0.39 is 0 Å². The third kappa shape index (κ3) is 31.6. The summed E-state index contributed by atoms with van der Waals surface area (Å²) in [4.78, 5) is 0. The maximum absolute atomic E-state index is 11.8. The van der Waals surface area contributed by atoms with Gasteiger partial charge in [0.05, 0.1) is 0 Å². The first-order chi connectivity index (χ1) is 31.7. The van der Waals surface area contributed by atoms with Crippen molar-refractivity contribution in [2.24, 2.45) is 0 Å². The second kappa shape index (κ2) is 47.1. The molecule has 2 aromatic rings. The van der Waals surface area contributed by atoms with Gasteiger partial charge in [-0.1, -0.05) is 257 Å². The van der Waals surface area contributed by atoms with Gasteiger partial charge in [-0.2, -0.15) is 13.8 Å². The Morgan fingerprint density at radius 2 is 0.662 bits per heavy atom. The van der Waals surface area contributed by atoms with Gasteiger partial charge in [0.25, 0.3) is 0 Å². The molecule has 3 rings (SSSR count). The maximum Gasteiger partial charge on any atom is 2.00 e. The van der Waals surface area contributed by atoms with E-state index in [9.17, 15) is 5.53 Å². The predicted octanol–water partition coefficient (Wildman–Crippen LogP) is 21.7.